The average molecular weight is 240 g/mol. The van der Waals surface area contributed by atoms with E-state index in [1.54, 1.807) is 7.11 Å². The minimum atomic E-state index is 0.0469. The maximum atomic E-state index is 11.9. The van der Waals surface area contributed by atoms with Gasteiger partial charge in [0, 0.05) is 26.3 Å². The van der Waals surface area contributed by atoms with Crippen LogP contribution in [0.4, 0.5) is 0 Å². The summed E-state index contributed by atoms with van der Waals surface area (Å²) in [7, 11) is 1.69. The Morgan fingerprint density at radius 1 is 1.41 bits per heavy atom. The van der Waals surface area contributed by atoms with E-state index in [1.807, 2.05) is 0 Å². The number of rotatable bonds is 5. The summed E-state index contributed by atoms with van der Waals surface area (Å²) < 4.78 is 4.96. The Hall–Kier alpha value is -0.610. The Morgan fingerprint density at radius 3 is 3.00 bits per heavy atom. The molecule has 0 radical (unpaired) electrons. The molecule has 0 aromatic heterocycles. The maximum absolute atomic E-state index is 11.9. The summed E-state index contributed by atoms with van der Waals surface area (Å²) in [6.45, 7) is 1.43. The van der Waals surface area contributed by atoms with E-state index in [9.17, 15) is 4.79 Å². The number of nitrogens with one attached hydrogen (secondary N) is 2. The van der Waals surface area contributed by atoms with E-state index in [-0.39, 0.29) is 11.9 Å². The molecule has 0 aromatic rings. The minimum absolute atomic E-state index is 0.0469. The first-order valence-corrected chi connectivity index (χ1v) is 6.84. The van der Waals surface area contributed by atoms with Gasteiger partial charge in [-0.15, -0.1) is 0 Å². The Bertz CT molecular complexity index is 244. The van der Waals surface area contributed by atoms with E-state index >= 15 is 0 Å². The standard InChI is InChI=1S/C13H24N2O2/c1-17-8-4-7-14-13(16)12-9-10-5-2-3-6-11(10)15-12/h10-12,15H,2-9H2,1H3,(H,14,16). The highest BCUT2D eigenvalue weighted by Crippen LogP contribution is 2.33. The second-order valence-electron chi connectivity index (χ2n) is 5.24. The van der Waals surface area contributed by atoms with Crippen molar-refractivity contribution in [3.05, 3.63) is 0 Å². The smallest absolute Gasteiger partial charge is 0.237 e. The number of carbonyl (C=O) groups is 1. The molecule has 1 heterocycles. The predicted octanol–water partition coefficient (Wildman–Crippen LogP) is 1.06. The van der Waals surface area contributed by atoms with Gasteiger partial charge in [-0.05, 0) is 31.6 Å². The normalized spacial score (nSPS) is 32.2. The molecule has 1 aliphatic carbocycles. The van der Waals surface area contributed by atoms with Crippen molar-refractivity contribution < 1.29 is 9.53 Å². The van der Waals surface area contributed by atoms with Gasteiger partial charge in [0.1, 0.15) is 0 Å². The number of fused-ring (bicyclic) bond motifs is 1. The number of methoxy groups -OCH3 is 1. The van der Waals surface area contributed by atoms with Crippen LogP contribution in [-0.4, -0.2) is 38.3 Å². The second kappa shape index (κ2) is 6.36. The summed E-state index contributed by atoms with van der Waals surface area (Å²) in [5.74, 6) is 0.911. The summed E-state index contributed by atoms with van der Waals surface area (Å²) in [6, 6.07) is 0.643. The van der Waals surface area contributed by atoms with Gasteiger partial charge in [0.2, 0.25) is 5.91 Å². The van der Waals surface area contributed by atoms with Crippen molar-refractivity contribution in [2.75, 3.05) is 20.3 Å². The Labute approximate surface area is 103 Å². The van der Waals surface area contributed by atoms with Crippen LogP contribution in [0.25, 0.3) is 0 Å². The molecule has 1 amide bonds. The quantitative estimate of drug-likeness (QED) is 0.707. The lowest BCUT2D eigenvalue weighted by molar-refractivity contribution is -0.122. The number of amides is 1. The van der Waals surface area contributed by atoms with E-state index in [4.69, 9.17) is 4.74 Å². The van der Waals surface area contributed by atoms with Crippen LogP contribution in [0.2, 0.25) is 0 Å². The summed E-state index contributed by atoms with van der Waals surface area (Å²) >= 11 is 0. The molecule has 4 heteroatoms. The highest BCUT2D eigenvalue weighted by molar-refractivity contribution is 5.82. The topological polar surface area (TPSA) is 50.4 Å². The Kier molecular flexibility index (Phi) is 4.80. The molecule has 0 spiro atoms. The van der Waals surface area contributed by atoms with E-state index in [0.717, 1.165) is 25.3 Å². The summed E-state index contributed by atoms with van der Waals surface area (Å²) in [5, 5.41) is 6.48. The van der Waals surface area contributed by atoms with Crippen LogP contribution in [-0.2, 0) is 9.53 Å². The molecular formula is C13H24N2O2. The molecule has 1 saturated heterocycles. The molecule has 1 saturated carbocycles. The van der Waals surface area contributed by atoms with Gasteiger partial charge in [-0.25, -0.2) is 0 Å². The molecule has 0 bridgehead atoms. The summed E-state index contributed by atoms with van der Waals surface area (Å²) in [4.78, 5) is 11.9. The zero-order valence-corrected chi connectivity index (χ0v) is 10.7. The molecule has 17 heavy (non-hydrogen) atoms. The van der Waals surface area contributed by atoms with Gasteiger partial charge in [0.05, 0.1) is 6.04 Å². The van der Waals surface area contributed by atoms with Crippen molar-refractivity contribution in [3.8, 4) is 0 Å². The molecule has 4 nitrogen and oxygen atoms in total. The molecule has 3 unspecified atom stereocenters. The van der Waals surface area contributed by atoms with Crippen LogP contribution in [0.5, 0.6) is 0 Å². The monoisotopic (exact) mass is 240 g/mol. The van der Waals surface area contributed by atoms with Crippen LogP contribution in [0.3, 0.4) is 0 Å². The molecular weight excluding hydrogens is 216 g/mol. The van der Waals surface area contributed by atoms with E-state index in [2.05, 4.69) is 10.6 Å². The van der Waals surface area contributed by atoms with Gasteiger partial charge in [-0.3, -0.25) is 4.79 Å². The molecule has 1 aliphatic heterocycles. The molecule has 2 N–H and O–H groups in total. The van der Waals surface area contributed by atoms with Crippen LogP contribution < -0.4 is 10.6 Å². The Balaban J connectivity index is 1.70. The lowest BCUT2D eigenvalue weighted by atomic mass is 9.85. The third-order valence-corrected chi connectivity index (χ3v) is 4.00. The van der Waals surface area contributed by atoms with Gasteiger partial charge in [-0.1, -0.05) is 12.8 Å². The largest absolute Gasteiger partial charge is 0.385 e. The van der Waals surface area contributed by atoms with Crippen LogP contribution in [0.15, 0.2) is 0 Å². The molecule has 2 fully saturated rings. The minimum Gasteiger partial charge on any atom is -0.385 e. The number of hydrogen-bond acceptors (Lipinski definition) is 3. The lowest BCUT2D eigenvalue weighted by Gasteiger charge is -2.24. The number of ether oxygens (including phenoxy) is 1. The highest BCUT2D eigenvalue weighted by atomic mass is 16.5. The first kappa shape index (κ1) is 12.8. The zero-order chi connectivity index (χ0) is 12.1. The fraction of sp³-hybridized carbons (Fsp3) is 0.923. The van der Waals surface area contributed by atoms with E-state index in [1.165, 1.54) is 25.7 Å². The van der Waals surface area contributed by atoms with Gasteiger partial charge in [-0.2, -0.15) is 0 Å². The summed E-state index contributed by atoms with van der Waals surface area (Å²) in [6.07, 6.45) is 7.12. The first-order valence-electron chi connectivity index (χ1n) is 6.84. The third kappa shape index (κ3) is 3.42. The van der Waals surface area contributed by atoms with Crippen molar-refractivity contribution in [2.24, 2.45) is 5.92 Å². The second-order valence-corrected chi connectivity index (χ2v) is 5.24. The van der Waals surface area contributed by atoms with Gasteiger partial charge in [0.25, 0.3) is 0 Å². The zero-order valence-electron chi connectivity index (χ0n) is 10.7. The van der Waals surface area contributed by atoms with Gasteiger partial charge in [0.15, 0.2) is 0 Å². The lowest BCUT2D eigenvalue weighted by Crippen LogP contribution is -2.43. The number of carbonyl (C=O) groups excluding carboxylic acids is 1. The Morgan fingerprint density at radius 2 is 2.24 bits per heavy atom. The van der Waals surface area contributed by atoms with E-state index < -0.39 is 0 Å². The van der Waals surface area contributed by atoms with Crippen molar-refractivity contribution in [3.63, 3.8) is 0 Å². The van der Waals surface area contributed by atoms with Crippen molar-refractivity contribution >= 4 is 5.91 Å². The first-order chi connectivity index (χ1) is 8.31. The fourth-order valence-electron chi connectivity index (χ4n) is 3.07. The van der Waals surface area contributed by atoms with Gasteiger partial charge >= 0.3 is 0 Å². The van der Waals surface area contributed by atoms with Crippen LogP contribution >= 0.6 is 0 Å². The predicted molar refractivity (Wildman–Crippen MR) is 66.8 cm³/mol. The molecule has 0 aromatic carbocycles. The SMILES string of the molecule is COCCCNC(=O)C1CC2CCCCC2N1. The fourth-order valence-corrected chi connectivity index (χ4v) is 3.07. The van der Waals surface area contributed by atoms with Crippen LogP contribution in [0.1, 0.15) is 38.5 Å². The van der Waals surface area contributed by atoms with Gasteiger partial charge < -0.3 is 15.4 Å². The summed E-state index contributed by atoms with van der Waals surface area (Å²) in [5.41, 5.74) is 0. The van der Waals surface area contributed by atoms with Crippen LogP contribution in [0, 0.1) is 5.92 Å². The number of hydrogen-bond donors (Lipinski definition) is 2. The van der Waals surface area contributed by atoms with Crippen molar-refractivity contribution in [1.82, 2.24) is 10.6 Å². The highest BCUT2D eigenvalue weighted by Gasteiger charge is 2.37. The third-order valence-electron chi connectivity index (χ3n) is 4.00. The van der Waals surface area contributed by atoms with Crippen molar-refractivity contribution in [2.45, 2.75) is 50.6 Å². The maximum Gasteiger partial charge on any atom is 0.237 e. The molecule has 2 rings (SSSR count). The molecule has 98 valence electrons. The molecule has 2 aliphatic rings. The average Bonchev–Trinajstić information content (AvgIpc) is 2.78. The van der Waals surface area contributed by atoms with Crippen molar-refractivity contribution in [1.29, 1.82) is 0 Å². The van der Waals surface area contributed by atoms with E-state index in [0.29, 0.717) is 12.6 Å². The molecule has 3 atom stereocenters.